The van der Waals surface area contributed by atoms with Crippen LogP contribution < -0.4 is 28.6 Å². The number of hydrogen-bond acceptors (Lipinski definition) is 8. The Hall–Kier alpha value is -5.30. The number of ether oxygens (including phenoxy) is 4. The lowest BCUT2D eigenvalue weighted by atomic mass is 10.0. The number of benzene rings is 4. The smallest absolute Gasteiger partial charge is 0.265 e. The Morgan fingerprint density at radius 3 is 2.12 bits per heavy atom. The number of nitrogens with zero attached hydrogens (tertiary/aromatic N) is 2. The molecule has 1 atom stereocenters. The summed E-state index contributed by atoms with van der Waals surface area (Å²) in [5.41, 5.74) is 0.936. The molecule has 0 radical (unpaired) electrons. The van der Waals surface area contributed by atoms with Crippen LogP contribution in [0.15, 0.2) is 95.9 Å². The van der Waals surface area contributed by atoms with E-state index in [0.29, 0.717) is 11.5 Å². The summed E-state index contributed by atoms with van der Waals surface area (Å²) in [4.78, 5) is 30.2. The second-order valence-corrected chi connectivity index (χ2v) is 14.2. The molecule has 11 nitrogen and oxygen atoms in total. The van der Waals surface area contributed by atoms with E-state index in [1.807, 2.05) is 30.3 Å². The maximum Gasteiger partial charge on any atom is 0.265 e. The summed E-state index contributed by atoms with van der Waals surface area (Å²) in [7, 11) is 1.05. The highest BCUT2D eigenvalue weighted by molar-refractivity contribution is 7.92. The maximum atomic E-state index is 15.3. The Labute approximate surface area is 304 Å². The summed E-state index contributed by atoms with van der Waals surface area (Å²) in [6.07, 6.45) is 3.65. The van der Waals surface area contributed by atoms with Crippen molar-refractivity contribution in [3.63, 3.8) is 0 Å². The van der Waals surface area contributed by atoms with E-state index in [2.05, 4.69) is 5.32 Å². The number of carbonyl (C=O) groups excluding carboxylic acids is 2. The van der Waals surface area contributed by atoms with Gasteiger partial charge in [-0.05, 0) is 48.7 Å². The average Bonchev–Trinajstić information content (AvgIpc) is 3.68. The first kappa shape index (κ1) is 37.9. The molecular weight excluding hydrogens is 690 g/mol. The molecule has 5 rings (SSSR count). The summed E-state index contributed by atoms with van der Waals surface area (Å²) in [5.74, 6) is -0.834. The quantitative estimate of drug-likeness (QED) is 0.154. The molecule has 276 valence electrons. The van der Waals surface area contributed by atoms with E-state index < -0.39 is 40.2 Å². The van der Waals surface area contributed by atoms with Gasteiger partial charge in [0.1, 0.15) is 29.9 Å². The molecule has 4 aromatic carbocycles. The lowest BCUT2D eigenvalue weighted by Gasteiger charge is -2.34. The summed E-state index contributed by atoms with van der Waals surface area (Å²) in [6.45, 7) is -1.09. The first-order valence-corrected chi connectivity index (χ1v) is 18.4. The topological polar surface area (TPSA) is 124 Å². The van der Waals surface area contributed by atoms with Crippen LogP contribution in [0.3, 0.4) is 0 Å². The highest BCUT2D eigenvalue weighted by Gasteiger charge is 2.37. The zero-order valence-corrected chi connectivity index (χ0v) is 30.5. The minimum absolute atomic E-state index is 0.00541. The summed E-state index contributed by atoms with van der Waals surface area (Å²) in [6, 6.07) is 22.6. The number of carbonyl (C=O) groups is 2. The third-order valence-corrected chi connectivity index (χ3v) is 10.9. The molecule has 0 unspecified atom stereocenters. The summed E-state index contributed by atoms with van der Waals surface area (Å²) in [5, 5.41) is 3.11. The van der Waals surface area contributed by atoms with E-state index in [1.54, 1.807) is 12.1 Å². The number of hydrogen-bond donors (Lipinski definition) is 1. The Morgan fingerprint density at radius 1 is 0.808 bits per heavy atom. The van der Waals surface area contributed by atoms with Crippen molar-refractivity contribution in [1.82, 2.24) is 10.2 Å². The second-order valence-electron chi connectivity index (χ2n) is 12.4. The highest BCUT2D eigenvalue weighted by Crippen LogP contribution is 2.38. The second kappa shape index (κ2) is 17.3. The molecule has 1 aliphatic carbocycles. The molecule has 0 bridgehead atoms. The predicted octanol–water partition coefficient (Wildman–Crippen LogP) is 5.75. The lowest BCUT2D eigenvalue weighted by molar-refractivity contribution is -0.140. The first-order chi connectivity index (χ1) is 25.1. The van der Waals surface area contributed by atoms with Crippen molar-refractivity contribution in [2.24, 2.45) is 0 Å². The maximum absolute atomic E-state index is 15.3. The van der Waals surface area contributed by atoms with Crippen molar-refractivity contribution in [2.75, 3.05) is 39.3 Å². The van der Waals surface area contributed by atoms with Crippen molar-refractivity contribution in [1.29, 1.82) is 0 Å². The minimum atomic E-state index is -4.56. The normalized spacial score (nSPS) is 13.6. The number of sulfonamides is 1. The molecule has 2 amide bonds. The van der Waals surface area contributed by atoms with E-state index >= 15 is 4.39 Å². The standard InChI is InChI=1S/C39H44FN3O8S/c1-48-30-18-20-35(49-2)33(23-30)43(52(46,47)31-19-21-36(50-3)37(24-31)51-4)26-38(44)42(25-28-14-8-11-17-32(28)40)34(22-27-12-6-5-7-13-27)39(45)41-29-15-9-10-16-29/h5-8,11-14,17-21,23-24,29,34H,9-10,15-16,22,25-26H2,1-4H3,(H,41,45)/t34-/m0/s1. The van der Waals surface area contributed by atoms with Crippen LogP contribution >= 0.6 is 0 Å². The van der Waals surface area contributed by atoms with Gasteiger partial charge < -0.3 is 29.2 Å². The number of amides is 2. The largest absolute Gasteiger partial charge is 0.497 e. The molecule has 0 aromatic heterocycles. The molecule has 52 heavy (non-hydrogen) atoms. The zero-order valence-electron chi connectivity index (χ0n) is 29.7. The number of anilines is 1. The predicted molar refractivity (Wildman–Crippen MR) is 195 cm³/mol. The van der Waals surface area contributed by atoms with Crippen molar-refractivity contribution in [3.05, 3.63) is 108 Å². The molecule has 1 fully saturated rings. The molecule has 0 aliphatic heterocycles. The van der Waals surface area contributed by atoms with Crippen LogP contribution in [-0.2, 0) is 32.6 Å². The number of rotatable bonds is 16. The SMILES string of the molecule is COc1ccc(OC)c(N(CC(=O)N(Cc2ccccc2F)[C@@H](Cc2ccccc2)C(=O)NC2CCCC2)S(=O)(=O)c2ccc(OC)c(OC)c2)c1. The van der Waals surface area contributed by atoms with Crippen molar-refractivity contribution in [2.45, 2.75) is 55.6 Å². The fourth-order valence-corrected chi connectivity index (χ4v) is 7.77. The molecule has 0 spiro atoms. The van der Waals surface area contributed by atoms with Gasteiger partial charge in [-0.3, -0.25) is 13.9 Å². The molecule has 0 saturated heterocycles. The Bertz CT molecular complexity index is 1950. The molecular formula is C39H44FN3O8S. The van der Waals surface area contributed by atoms with Gasteiger partial charge in [0, 0.05) is 36.7 Å². The van der Waals surface area contributed by atoms with Gasteiger partial charge in [-0.25, -0.2) is 12.8 Å². The number of methoxy groups -OCH3 is 4. The van der Waals surface area contributed by atoms with E-state index in [0.717, 1.165) is 35.6 Å². The minimum Gasteiger partial charge on any atom is -0.497 e. The molecule has 1 saturated carbocycles. The van der Waals surface area contributed by atoms with Crippen molar-refractivity contribution in [3.8, 4) is 23.0 Å². The molecule has 1 aliphatic rings. The molecule has 0 heterocycles. The van der Waals surface area contributed by atoms with Gasteiger partial charge in [-0.15, -0.1) is 0 Å². The van der Waals surface area contributed by atoms with E-state index in [-0.39, 0.29) is 46.7 Å². The lowest BCUT2D eigenvalue weighted by Crippen LogP contribution is -2.54. The summed E-state index contributed by atoms with van der Waals surface area (Å²) >= 11 is 0. The first-order valence-electron chi connectivity index (χ1n) is 16.9. The van der Waals surface area contributed by atoms with Crippen LogP contribution in [0.4, 0.5) is 10.1 Å². The van der Waals surface area contributed by atoms with Crippen LogP contribution in [0.2, 0.25) is 0 Å². The molecule has 1 N–H and O–H groups in total. The van der Waals surface area contributed by atoms with Crippen LogP contribution in [0.25, 0.3) is 0 Å². The van der Waals surface area contributed by atoms with Crippen molar-refractivity contribution < 1.29 is 41.3 Å². The Morgan fingerprint density at radius 2 is 1.46 bits per heavy atom. The van der Waals surface area contributed by atoms with Gasteiger partial charge in [0.05, 0.1) is 39.0 Å². The monoisotopic (exact) mass is 733 g/mol. The Kier molecular flexibility index (Phi) is 12.6. The van der Waals surface area contributed by atoms with Crippen LogP contribution in [0, 0.1) is 5.82 Å². The van der Waals surface area contributed by atoms with E-state index in [1.165, 1.54) is 81.9 Å². The van der Waals surface area contributed by atoms with Crippen LogP contribution in [-0.4, -0.2) is 72.2 Å². The van der Waals surface area contributed by atoms with Crippen LogP contribution in [0.1, 0.15) is 36.8 Å². The molecule has 13 heteroatoms. The summed E-state index contributed by atoms with van der Waals surface area (Å²) < 4.78 is 67.3. The molecule has 4 aromatic rings. The van der Waals surface area contributed by atoms with Gasteiger partial charge in [0.25, 0.3) is 10.0 Å². The number of nitrogens with one attached hydrogen (secondary N) is 1. The fourth-order valence-electron chi connectivity index (χ4n) is 6.34. The van der Waals surface area contributed by atoms with E-state index in [9.17, 15) is 18.0 Å². The average molecular weight is 734 g/mol. The highest BCUT2D eigenvalue weighted by atomic mass is 32.2. The van der Waals surface area contributed by atoms with Gasteiger partial charge in [-0.1, -0.05) is 61.4 Å². The third-order valence-electron chi connectivity index (χ3n) is 9.15. The van der Waals surface area contributed by atoms with Gasteiger partial charge >= 0.3 is 0 Å². The number of halogens is 1. The van der Waals surface area contributed by atoms with Crippen LogP contribution in [0.5, 0.6) is 23.0 Å². The van der Waals surface area contributed by atoms with Gasteiger partial charge in [-0.2, -0.15) is 0 Å². The van der Waals surface area contributed by atoms with Crippen molar-refractivity contribution >= 4 is 27.5 Å². The van der Waals surface area contributed by atoms with E-state index in [4.69, 9.17) is 18.9 Å². The van der Waals surface area contributed by atoms with Gasteiger partial charge in [0.2, 0.25) is 11.8 Å². The third kappa shape index (κ3) is 8.76. The van der Waals surface area contributed by atoms with Gasteiger partial charge in [0.15, 0.2) is 11.5 Å². The Balaban J connectivity index is 1.65. The fraction of sp³-hybridized carbons (Fsp3) is 0.333. The zero-order chi connectivity index (χ0) is 37.3.